The van der Waals surface area contributed by atoms with Gasteiger partial charge in [-0.25, -0.2) is 4.79 Å². The normalized spacial score (nSPS) is 19.0. The van der Waals surface area contributed by atoms with Crippen molar-refractivity contribution >= 4 is 12.0 Å². The molecule has 0 aromatic heterocycles. The van der Waals surface area contributed by atoms with E-state index in [4.69, 9.17) is 9.47 Å². The fourth-order valence-corrected chi connectivity index (χ4v) is 2.67. The van der Waals surface area contributed by atoms with Gasteiger partial charge in [0.05, 0.1) is 0 Å². The molecule has 1 aromatic carbocycles. The monoisotopic (exact) mass is 334 g/mol. The number of amides is 2. The largest absolute Gasteiger partial charge is 0.444 e. The average Bonchev–Trinajstić information content (AvgIpc) is 2.96. The fraction of sp³-hybridized carbons (Fsp3) is 0.556. The second-order valence-corrected chi connectivity index (χ2v) is 6.95. The molecule has 2 atom stereocenters. The number of ether oxygens (including phenoxy) is 2. The molecule has 6 heteroatoms. The quantitative estimate of drug-likeness (QED) is 0.918. The first kappa shape index (κ1) is 18.3. The van der Waals surface area contributed by atoms with Crippen molar-refractivity contribution in [1.82, 2.24) is 10.2 Å². The summed E-state index contributed by atoms with van der Waals surface area (Å²) in [6.45, 7) is 6.53. The predicted molar refractivity (Wildman–Crippen MR) is 90.5 cm³/mol. The molecule has 1 fully saturated rings. The van der Waals surface area contributed by atoms with Crippen LogP contribution in [0.2, 0.25) is 0 Å². The number of methoxy groups -OCH3 is 1. The van der Waals surface area contributed by atoms with Crippen LogP contribution >= 0.6 is 0 Å². The maximum absolute atomic E-state index is 12.5. The van der Waals surface area contributed by atoms with Crippen molar-refractivity contribution in [3.05, 3.63) is 35.9 Å². The van der Waals surface area contributed by atoms with Crippen LogP contribution in [0.25, 0.3) is 0 Å². The van der Waals surface area contributed by atoms with Crippen LogP contribution in [0.5, 0.6) is 0 Å². The number of likely N-dealkylation sites (tertiary alicyclic amines) is 1. The van der Waals surface area contributed by atoms with Gasteiger partial charge in [0.2, 0.25) is 0 Å². The number of rotatable bonds is 4. The zero-order chi connectivity index (χ0) is 17.7. The molecule has 6 nitrogen and oxygen atoms in total. The Bertz CT molecular complexity index is 568. The average molecular weight is 334 g/mol. The number of hydrogen-bond acceptors (Lipinski definition) is 4. The highest BCUT2D eigenvalue weighted by molar-refractivity contribution is 5.82. The molecule has 132 valence electrons. The van der Waals surface area contributed by atoms with E-state index in [1.165, 1.54) is 7.11 Å². The Morgan fingerprint density at radius 3 is 2.50 bits per heavy atom. The summed E-state index contributed by atoms with van der Waals surface area (Å²) in [4.78, 5) is 26.2. The lowest BCUT2D eigenvalue weighted by atomic mass is 10.1. The van der Waals surface area contributed by atoms with Crippen LogP contribution in [-0.2, 0) is 14.3 Å². The minimum absolute atomic E-state index is 0.0913. The minimum atomic E-state index is -0.651. The Labute approximate surface area is 143 Å². The van der Waals surface area contributed by atoms with E-state index in [-0.39, 0.29) is 18.0 Å². The van der Waals surface area contributed by atoms with Gasteiger partial charge < -0.3 is 19.7 Å². The van der Waals surface area contributed by atoms with Crippen molar-refractivity contribution < 1.29 is 19.1 Å². The third-order valence-corrected chi connectivity index (χ3v) is 3.76. The van der Waals surface area contributed by atoms with Gasteiger partial charge in [-0.05, 0) is 32.8 Å². The third-order valence-electron chi connectivity index (χ3n) is 3.76. The van der Waals surface area contributed by atoms with Crippen molar-refractivity contribution in [1.29, 1.82) is 0 Å². The van der Waals surface area contributed by atoms with Crippen LogP contribution < -0.4 is 5.32 Å². The zero-order valence-electron chi connectivity index (χ0n) is 14.7. The zero-order valence-corrected chi connectivity index (χ0v) is 14.7. The summed E-state index contributed by atoms with van der Waals surface area (Å²) in [7, 11) is 1.51. The first-order chi connectivity index (χ1) is 11.3. The number of nitrogens with one attached hydrogen (secondary N) is 1. The summed E-state index contributed by atoms with van der Waals surface area (Å²) >= 11 is 0. The maximum Gasteiger partial charge on any atom is 0.410 e. The standard InChI is InChI=1S/C18H26N2O4/c1-18(2,3)24-17(22)20-11-10-14(12-20)19-16(21)15(23-4)13-8-6-5-7-9-13/h5-9,14-15H,10-12H2,1-4H3,(H,19,21)/t14-,15-/m0/s1. The van der Waals surface area contributed by atoms with Gasteiger partial charge >= 0.3 is 6.09 Å². The molecule has 1 aliphatic rings. The Morgan fingerprint density at radius 1 is 1.25 bits per heavy atom. The molecule has 0 aliphatic carbocycles. The Kier molecular flexibility index (Phi) is 5.83. The van der Waals surface area contributed by atoms with Gasteiger partial charge in [-0.3, -0.25) is 4.79 Å². The van der Waals surface area contributed by atoms with Gasteiger partial charge in [0.1, 0.15) is 5.60 Å². The van der Waals surface area contributed by atoms with E-state index in [0.717, 1.165) is 5.56 Å². The van der Waals surface area contributed by atoms with E-state index in [1.807, 2.05) is 51.1 Å². The molecule has 2 amide bonds. The number of carbonyl (C=O) groups excluding carboxylic acids is 2. The second kappa shape index (κ2) is 7.66. The SMILES string of the molecule is CO[C@H](C(=O)N[C@H]1CCN(C(=O)OC(C)(C)C)C1)c1ccccc1. The smallest absolute Gasteiger partial charge is 0.410 e. The molecule has 1 saturated heterocycles. The van der Waals surface area contributed by atoms with Crippen LogP contribution in [0.4, 0.5) is 4.79 Å². The van der Waals surface area contributed by atoms with Gasteiger partial charge in [0, 0.05) is 26.2 Å². The number of carbonyl (C=O) groups is 2. The molecule has 0 radical (unpaired) electrons. The highest BCUT2D eigenvalue weighted by atomic mass is 16.6. The molecular formula is C18H26N2O4. The van der Waals surface area contributed by atoms with Gasteiger partial charge in [-0.2, -0.15) is 0 Å². The van der Waals surface area contributed by atoms with E-state index in [0.29, 0.717) is 19.5 Å². The minimum Gasteiger partial charge on any atom is -0.444 e. The molecule has 1 N–H and O–H groups in total. The van der Waals surface area contributed by atoms with E-state index in [2.05, 4.69) is 5.32 Å². The first-order valence-corrected chi connectivity index (χ1v) is 8.16. The van der Waals surface area contributed by atoms with Crippen molar-refractivity contribution in [2.24, 2.45) is 0 Å². The van der Waals surface area contributed by atoms with Crippen molar-refractivity contribution in [2.45, 2.75) is 44.9 Å². The Morgan fingerprint density at radius 2 is 1.92 bits per heavy atom. The van der Waals surface area contributed by atoms with Crippen molar-refractivity contribution in [3.8, 4) is 0 Å². The number of benzene rings is 1. The van der Waals surface area contributed by atoms with Gasteiger partial charge in [0.15, 0.2) is 6.10 Å². The number of hydrogen-bond donors (Lipinski definition) is 1. The third kappa shape index (κ3) is 4.96. The van der Waals surface area contributed by atoms with Gasteiger partial charge in [0.25, 0.3) is 5.91 Å². The Balaban J connectivity index is 1.90. The highest BCUT2D eigenvalue weighted by Crippen LogP contribution is 2.19. The van der Waals surface area contributed by atoms with Gasteiger partial charge in [-0.1, -0.05) is 30.3 Å². The summed E-state index contributed by atoms with van der Waals surface area (Å²) in [5.41, 5.74) is 0.284. The molecule has 0 spiro atoms. The summed E-state index contributed by atoms with van der Waals surface area (Å²) < 4.78 is 10.7. The van der Waals surface area contributed by atoms with E-state index >= 15 is 0 Å². The Hall–Kier alpha value is -2.08. The second-order valence-electron chi connectivity index (χ2n) is 6.95. The lowest BCUT2D eigenvalue weighted by Gasteiger charge is -2.24. The first-order valence-electron chi connectivity index (χ1n) is 8.16. The van der Waals surface area contributed by atoms with E-state index in [1.54, 1.807) is 4.90 Å². The topological polar surface area (TPSA) is 67.9 Å². The predicted octanol–water partition coefficient (Wildman–Crippen LogP) is 2.50. The molecular weight excluding hydrogens is 308 g/mol. The molecule has 0 bridgehead atoms. The van der Waals surface area contributed by atoms with Crippen molar-refractivity contribution in [2.75, 3.05) is 20.2 Å². The molecule has 1 aliphatic heterocycles. The lowest BCUT2D eigenvalue weighted by molar-refractivity contribution is -0.132. The summed E-state index contributed by atoms with van der Waals surface area (Å²) in [5.74, 6) is -0.195. The molecule has 0 unspecified atom stereocenters. The van der Waals surface area contributed by atoms with Crippen molar-refractivity contribution in [3.63, 3.8) is 0 Å². The summed E-state index contributed by atoms with van der Waals surface area (Å²) in [5, 5.41) is 2.96. The van der Waals surface area contributed by atoms with Crippen LogP contribution in [0.15, 0.2) is 30.3 Å². The van der Waals surface area contributed by atoms with E-state index in [9.17, 15) is 9.59 Å². The maximum atomic E-state index is 12.5. The lowest BCUT2D eigenvalue weighted by Crippen LogP contribution is -2.42. The van der Waals surface area contributed by atoms with Crippen LogP contribution in [0, 0.1) is 0 Å². The molecule has 2 rings (SSSR count). The van der Waals surface area contributed by atoms with Crippen LogP contribution in [-0.4, -0.2) is 48.7 Å². The van der Waals surface area contributed by atoms with Crippen LogP contribution in [0.1, 0.15) is 38.9 Å². The number of nitrogens with zero attached hydrogens (tertiary/aromatic N) is 1. The molecule has 1 aromatic rings. The summed E-state index contributed by atoms with van der Waals surface area (Å²) in [6, 6.07) is 9.25. The van der Waals surface area contributed by atoms with Gasteiger partial charge in [-0.15, -0.1) is 0 Å². The fourth-order valence-electron chi connectivity index (χ4n) is 2.67. The summed E-state index contributed by atoms with van der Waals surface area (Å²) in [6.07, 6.45) is -0.289. The molecule has 1 heterocycles. The van der Waals surface area contributed by atoms with Crippen LogP contribution in [0.3, 0.4) is 0 Å². The molecule has 0 saturated carbocycles. The molecule has 24 heavy (non-hydrogen) atoms. The van der Waals surface area contributed by atoms with E-state index < -0.39 is 11.7 Å². The highest BCUT2D eigenvalue weighted by Gasteiger charge is 2.32.